The Kier molecular flexibility index (Phi) is 5.02. The molecule has 0 aliphatic heterocycles. The highest BCUT2D eigenvalue weighted by molar-refractivity contribution is 6.04. The van der Waals surface area contributed by atoms with Gasteiger partial charge in [0.25, 0.3) is 5.91 Å². The lowest BCUT2D eigenvalue weighted by Gasteiger charge is -2.23. The number of carbonyl (C=O) groups is 1. The van der Waals surface area contributed by atoms with Crippen LogP contribution < -0.4 is 10.2 Å². The van der Waals surface area contributed by atoms with Crippen LogP contribution in [0.25, 0.3) is 10.9 Å². The van der Waals surface area contributed by atoms with Gasteiger partial charge >= 0.3 is 0 Å². The Morgan fingerprint density at radius 1 is 1.30 bits per heavy atom. The third-order valence-electron chi connectivity index (χ3n) is 4.76. The van der Waals surface area contributed by atoms with Crippen LogP contribution in [0.2, 0.25) is 0 Å². The number of benzene rings is 1. The van der Waals surface area contributed by atoms with Crippen molar-refractivity contribution >= 4 is 28.3 Å². The topological polar surface area (TPSA) is 83.1 Å². The molecule has 0 atom stereocenters. The van der Waals surface area contributed by atoms with E-state index in [1.807, 2.05) is 30.5 Å². The number of fused-ring (bicyclic) bond motifs is 1. The summed E-state index contributed by atoms with van der Waals surface area (Å²) in [6, 6.07) is 9.47. The van der Waals surface area contributed by atoms with Gasteiger partial charge in [0.2, 0.25) is 0 Å². The third kappa shape index (κ3) is 4.25. The fourth-order valence-corrected chi connectivity index (χ4v) is 3.08. The maximum absolute atomic E-state index is 12.7. The van der Waals surface area contributed by atoms with E-state index in [0.717, 1.165) is 35.5 Å². The number of anilines is 2. The van der Waals surface area contributed by atoms with E-state index in [9.17, 15) is 4.79 Å². The van der Waals surface area contributed by atoms with Crippen molar-refractivity contribution in [2.75, 3.05) is 37.0 Å². The van der Waals surface area contributed by atoms with Gasteiger partial charge in [0.1, 0.15) is 17.8 Å². The molecule has 1 aliphatic rings. The zero-order chi connectivity index (χ0) is 18.6. The van der Waals surface area contributed by atoms with Crippen molar-refractivity contribution in [3.8, 4) is 0 Å². The number of ether oxygens (including phenoxy) is 1. The van der Waals surface area contributed by atoms with Gasteiger partial charge in [-0.2, -0.15) is 0 Å². The summed E-state index contributed by atoms with van der Waals surface area (Å²) in [5.74, 6) is 1.23. The molecular formula is C20H23N5O2. The van der Waals surface area contributed by atoms with E-state index in [2.05, 4.69) is 25.2 Å². The number of hydrogen-bond acceptors (Lipinski definition) is 5. The predicted molar refractivity (Wildman–Crippen MR) is 105 cm³/mol. The van der Waals surface area contributed by atoms with Crippen molar-refractivity contribution in [3.05, 3.63) is 48.5 Å². The Labute approximate surface area is 157 Å². The molecule has 27 heavy (non-hydrogen) atoms. The second-order valence-electron chi connectivity index (χ2n) is 6.88. The highest BCUT2D eigenvalue weighted by atomic mass is 16.5. The SMILES string of the molecule is COCCN(CC1CC1)c1cc(C(=O)Nc2ccc3[nH]ccc3c2)ncn1. The monoisotopic (exact) mass is 365 g/mol. The van der Waals surface area contributed by atoms with Gasteiger partial charge in [0.05, 0.1) is 6.61 Å². The summed E-state index contributed by atoms with van der Waals surface area (Å²) in [4.78, 5) is 26.5. The van der Waals surface area contributed by atoms with Crippen LogP contribution in [-0.4, -0.2) is 47.7 Å². The predicted octanol–water partition coefficient (Wildman–Crippen LogP) is 3.07. The minimum absolute atomic E-state index is 0.244. The normalized spacial score (nSPS) is 13.7. The number of nitrogens with one attached hydrogen (secondary N) is 2. The van der Waals surface area contributed by atoms with E-state index in [1.165, 1.54) is 19.2 Å². The highest BCUT2D eigenvalue weighted by Crippen LogP contribution is 2.31. The first-order chi connectivity index (χ1) is 13.2. The fraction of sp³-hybridized carbons (Fsp3) is 0.350. The molecule has 140 valence electrons. The molecule has 0 radical (unpaired) electrons. The first-order valence-electron chi connectivity index (χ1n) is 9.17. The highest BCUT2D eigenvalue weighted by Gasteiger charge is 2.25. The van der Waals surface area contributed by atoms with Crippen molar-refractivity contribution in [2.45, 2.75) is 12.8 Å². The summed E-state index contributed by atoms with van der Waals surface area (Å²) in [6.07, 6.45) is 5.83. The van der Waals surface area contributed by atoms with E-state index in [-0.39, 0.29) is 5.91 Å². The lowest BCUT2D eigenvalue weighted by atomic mass is 10.2. The molecule has 0 saturated heterocycles. The van der Waals surface area contributed by atoms with Gasteiger partial charge < -0.3 is 19.9 Å². The van der Waals surface area contributed by atoms with Crippen LogP contribution in [0.3, 0.4) is 0 Å². The van der Waals surface area contributed by atoms with Crippen molar-refractivity contribution in [1.29, 1.82) is 0 Å². The van der Waals surface area contributed by atoms with Crippen LogP contribution in [0, 0.1) is 5.92 Å². The van der Waals surface area contributed by atoms with Crippen LogP contribution in [0.4, 0.5) is 11.5 Å². The number of carbonyl (C=O) groups excluding carboxylic acids is 1. The van der Waals surface area contributed by atoms with Gasteiger partial charge in [0.15, 0.2) is 0 Å². The fourth-order valence-electron chi connectivity index (χ4n) is 3.08. The standard InChI is InChI=1S/C20H23N5O2/c1-27-9-8-25(12-14-2-3-14)19-11-18(22-13-23-19)20(26)24-16-4-5-17-15(10-16)6-7-21-17/h4-7,10-11,13-14,21H,2-3,8-9,12H2,1H3,(H,24,26). The van der Waals surface area contributed by atoms with Crippen molar-refractivity contribution in [1.82, 2.24) is 15.0 Å². The van der Waals surface area contributed by atoms with Crippen molar-refractivity contribution < 1.29 is 9.53 Å². The average molecular weight is 365 g/mol. The molecule has 0 unspecified atom stereocenters. The second-order valence-corrected chi connectivity index (χ2v) is 6.88. The van der Waals surface area contributed by atoms with E-state index >= 15 is 0 Å². The van der Waals surface area contributed by atoms with Gasteiger partial charge in [-0.05, 0) is 43.0 Å². The van der Waals surface area contributed by atoms with Crippen molar-refractivity contribution in [2.24, 2.45) is 5.92 Å². The number of amides is 1. The molecule has 2 heterocycles. The Morgan fingerprint density at radius 2 is 2.19 bits per heavy atom. The van der Waals surface area contributed by atoms with E-state index < -0.39 is 0 Å². The molecular weight excluding hydrogens is 342 g/mol. The molecule has 2 N–H and O–H groups in total. The summed E-state index contributed by atoms with van der Waals surface area (Å²) in [6.45, 7) is 2.30. The minimum atomic E-state index is -0.244. The van der Waals surface area contributed by atoms with Crippen LogP contribution >= 0.6 is 0 Å². The number of aromatic nitrogens is 3. The molecule has 7 heteroatoms. The zero-order valence-electron chi connectivity index (χ0n) is 15.3. The molecule has 2 aromatic heterocycles. The Bertz CT molecular complexity index is 935. The number of nitrogens with zero attached hydrogens (tertiary/aromatic N) is 3. The average Bonchev–Trinajstić information content (AvgIpc) is 3.39. The van der Waals surface area contributed by atoms with Crippen LogP contribution in [0.15, 0.2) is 42.9 Å². The molecule has 1 amide bonds. The van der Waals surface area contributed by atoms with Crippen LogP contribution in [-0.2, 0) is 4.74 Å². The van der Waals surface area contributed by atoms with E-state index in [1.54, 1.807) is 13.2 Å². The Balaban J connectivity index is 1.50. The third-order valence-corrected chi connectivity index (χ3v) is 4.76. The maximum Gasteiger partial charge on any atom is 0.274 e. The largest absolute Gasteiger partial charge is 0.383 e. The van der Waals surface area contributed by atoms with Gasteiger partial charge in [-0.25, -0.2) is 9.97 Å². The number of hydrogen-bond donors (Lipinski definition) is 2. The maximum atomic E-state index is 12.7. The molecule has 3 aromatic rings. The zero-order valence-corrected chi connectivity index (χ0v) is 15.3. The molecule has 1 aliphatic carbocycles. The Hall–Kier alpha value is -2.93. The van der Waals surface area contributed by atoms with Crippen molar-refractivity contribution in [3.63, 3.8) is 0 Å². The molecule has 1 saturated carbocycles. The second kappa shape index (κ2) is 7.75. The summed E-state index contributed by atoms with van der Waals surface area (Å²) in [7, 11) is 1.69. The smallest absolute Gasteiger partial charge is 0.274 e. The van der Waals surface area contributed by atoms with E-state index in [0.29, 0.717) is 18.2 Å². The van der Waals surface area contributed by atoms with Gasteiger partial charge in [-0.1, -0.05) is 0 Å². The minimum Gasteiger partial charge on any atom is -0.383 e. The lowest BCUT2D eigenvalue weighted by Crippen LogP contribution is -2.30. The summed E-state index contributed by atoms with van der Waals surface area (Å²) < 4.78 is 5.21. The molecule has 4 rings (SSSR count). The molecule has 1 aromatic carbocycles. The van der Waals surface area contributed by atoms with Gasteiger partial charge in [0, 0.05) is 49.1 Å². The number of methoxy groups -OCH3 is 1. The summed E-state index contributed by atoms with van der Waals surface area (Å²) in [5.41, 5.74) is 2.13. The first-order valence-corrected chi connectivity index (χ1v) is 9.17. The molecule has 0 bridgehead atoms. The number of aromatic amines is 1. The van der Waals surface area contributed by atoms with Gasteiger partial charge in [-0.3, -0.25) is 4.79 Å². The Morgan fingerprint density at radius 3 is 3.00 bits per heavy atom. The molecule has 1 fully saturated rings. The first kappa shape index (κ1) is 17.5. The molecule has 7 nitrogen and oxygen atoms in total. The number of H-pyrrole nitrogens is 1. The quantitative estimate of drug-likeness (QED) is 0.641. The summed E-state index contributed by atoms with van der Waals surface area (Å²) in [5, 5.41) is 3.96. The lowest BCUT2D eigenvalue weighted by molar-refractivity contribution is 0.102. The number of rotatable bonds is 8. The van der Waals surface area contributed by atoms with Crippen LogP contribution in [0.5, 0.6) is 0 Å². The summed E-state index contributed by atoms with van der Waals surface area (Å²) >= 11 is 0. The molecule has 0 spiro atoms. The van der Waals surface area contributed by atoms with Crippen LogP contribution in [0.1, 0.15) is 23.3 Å². The van der Waals surface area contributed by atoms with Gasteiger partial charge in [-0.15, -0.1) is 0 Å². The van der Waals surface area contributed by atoms with E-state index in [4.69, 9.17) is 4.74 Å².